The molecule has 0 aromatic heterocycles. The van der Waals surface area contributed by atoms with Crippen LogP contribution in [0.4, 0.5) is 11.4 Å². The molecule has 1 aliphatic rings. The number of nitrogens with one attached hydrogen (secondary N) is 1. The zero-order valence-corrected chi connectivity index (χ0v) is 22.4. The standard InChI is InChI=1S/C27H31BrN2O6/c1-4-5-6-11-35-26(33)19-7-9-21(10-8-19)30-15-20(14-25(30)32)27(34)36-16-24(31)29-23-13-17(2)22(28)12-18(23)3/h7-10,12-13,20H,4-6,11,14-16H2,1-3H3,(H,29,31)/t20-/m0/s1. The summed E-state index contributed by atoms with van der Waals surface area (Å²) in [7, 11) is 0. The summed E-state index contributed by atoms with van der Waals surface area (Å²) >= 11 is 3.45. The van der Waals surface area contributed by atoms with Crippen molar-refractivity contribution in [2.45, 2.75) is 46.5 Å². The molecule has 0 saturated carbocycles. The highest BCUT2D eigenvalue weighted by molar-refractivity contribution is 9.10. The summed E-state index contributed by atoms with van der Waals surface area (Å²) in [6.07, 6.45) is 2.86. The van der Waals surface area contributed by atoms with E-state index in [1.54, 1.807) is 24.3 Å². The molecule has 2 aromatic carbocycles. The molecule has 1 aliphatic heterocycles. The smallest absolute Gasteiger partial charge is 0.338 e. The van der Waals surface area contributed by atoms with Gasteiger partial charge in [-0.1, -0.05) is 35.7 Å². The Balaban J connectivity index is 1.50. The molecule has 1 atom stereocenters. The molecule has 0 aliphatic carbocycles. The molecule has 2 aromatic rings. The number of carbonyl (C=O) groups is 4. The molecule has 1 heterocycles. The molecule has 0 radical (unpaired) electrons. The van der Waals surface area contributed by atoms with E-state index in [9.17, 15) is 19.2 Å². The zero-order valence-electron chi connectivity index (χ0n) is 20.8. The normalized spacial score (nSPS) is 15.1. The molecular weight excluding hydrogens is 528 g/mol. The van der Waals surface area contributed by atoms with Gasteiger partial charge in [0.2, 0.25) is 5.91 Å². The van der Waals surface area contributed by atoms with Gasteiger partial charge in [-0.15, -0.1) is 0 Å². The van der Waals surface area contributed by atoms with Gasteiger partial charge in [-0.05, 0) is 67.8 Å². The van der Waals surface area contributed by atoms with Crippen molar-refractivity contribution in [3.63, 3.8) is 0 Å². The topological polar surface area (TPSA) is 102 Å². The summed E-state index contributed by atoms with van der Waals surface area (Å²) in [5.74, 6) is -2.36. The number of anilines is 2. The van der Waals surface area contributed by atoms with Gasteiger partial charge in [0.15, 0.2) is 6.61 Å². The van der Waals surface area contributed by atoms with Crippen LogP contribution in [0, 0.1) is 19.8 Å². The van der Waals surface area contributed by atoms with E-state index < -0.39 is 30.4 Å². The molecule has 0 spiro atoms. The number of unbranched alkanes of at least 4 members (excludes halogenated alkanes) is 2. The van der Waals surface area contributed by atoms with Crippen molar-refractivity contribution in [1.29, 1.82) is 0 Å². The summed E-state index contributed by atoms with van der Waals surface area (Å²) < 4.78 is 11.4. The number of rotatable bonds is 10. The Morgan fingerprint density at radius 3 is 2.47 bits per heavy atom. The van der Waals surface area contributed by atoms with Crippen LogP contribution in [-0.4, -0.2) is 43.5 Å². The predicted molar refractivity (Wildman–Crippen MR) is 140 cm³/mol. The van der Waals surface area contributed by atoms with E-state index in [1.807, 2.05) is 26.0 Å². The van der Waals surface area contributed by atoms with E-state index in [-0.39, 0.29) is 18.9 Å². The monoisotopic (exact) mass is 558 g/mol. The Labute approximate surface area is 219 Å². The fourth-order valence-corrected chi connectivity index (χ4v) is 4.31. The third-order valence-electron chi connectivity index (χ3n) is 5.98. The maximum atomic E-state index is 12.5. The van der Waals surface area contributed by atoms with Gasteiger partial charge in [0.1, 0.15) is 0 Å². The van der Waals surface area contributed by atoms with Crippen LogP contribution in [0.25, 0.3) is 0 Å². The maximum absolute atomic E-state index is 12.5. The first-order chi connectivity index (χ1) is 17.2. The molecule has 2 amide bonds. The van der Waals surface area contributed by atoms with E-state index in [2.05, 4.69) is 28.2 Å². The van der Waals surface area contributed by atoms with Crippen molar-refractivity contribution in [2.24, 2.45) is 5.92 Å². The lowest BCUT2D eigenvalue weighted by molar-refractivity contribution is -0.151. The number of amides is 2. The van der Waals surface area contributed by atoms with Crippen molar-refractivity contribution < 1.29 is 28.7 Å². The first-order valence-corrected chi connectivity index (χ1v) is 12.8. The van der Waals surface area contributed by atoms with Gasteiger partial charge in [0, 0.05) is 28.8 Å². The average Bonchev–Trinajstić information content (AvgIpc) is 3.25. The number of carbonyl (C=O) groups excluding carboxylic acids is 4. The molecular formula is C27H31BrN2O6. The van der Waals surface area contributed by atoms with E-state index in [1.165, 1.54) is 4.90 Å². The highest BCUT2D eigenvalue weighted by atomic mass is 79.9. The van der Waals surface area contributed by atoms with Gasteiger partial charge in [0.05, 0.1) is 18.1 Å². The molecule has 0 unspecified atom stereocenters. The highest BCUT2D eigenvalue weighted by Gasteiger charge is 2.36. The van der Waals surface area contributed by atoms with Crippen LogP contribution in [0.2, 0.25) is 0 Å². The fraction of sp³-hybridized carbons (Fsp3) is 0.407. The molecule has 192 valence electrons. The first-order valence-electron chi connectivity index (χ1n) is 12.0. The van der Waals surface area contributed by atoms with Gasteiger partial charge in [-0.25, -0.2) is 4.79 Å². The van der Waals surface area contributed by atoms with Gasteiger partial charge in [-0.3, -0.25) is 14.4 Å². The van der Waals surface area contributed by atoms with Crippen LogP contribution in [0.1, 0.15) is 54.1 Å². The number of benzene rings is 2. The molecule has 0 bridgehead atoms. The van der Waals surface area contributed by atoms with Crippen molar-refractivity contribution in [1.82, 2.24) is 0 Å². The lowest BCUT2D eigenvalue weighted by Gasteiger charge is -2.17. The molecule has 1 fully saturated rings. The number of aryl methyl sites for hydroxylation is 2. The lowest BCUT2D eigenvalue weighted by atomic mass is 10.1. The molecule has 9 heteroatoms. The number of ether oxygens (including phenoxy) is 2. The van der Waals surface area contributed by atoms with Gasteiger partial charge >= 0.3 is 11.9 Å². The third-order valence-corrected chi connectivity index (χ3v) is 6.83. The van der Waals surface area contributed by atoms with Crippen molar-refractivity contribution in [2.75, 3.05) is 30.0 Å². The first kappa shape index (κ1) is 27.4. The predicted octanol–water partition coefficient (Wildman–Crippen LogP) is 4.95. The number of halogens is 1. The Kier molecular flexibility index (Phi) is 9.64. The van der Waals surface area contributed by atoms with Crippen molar-refractivity contribution in [3.8, 4) is 0 Å². The largest absolute Gasteiger partial charge is 0.462 e. The molecule has 1 saturated heterocycles. The Morgan fingerprint density at radius 1 is 1.06 bits per heavy atom. The number of esters is 2. The Hall–Kier alpha value is -3.20. The van der Waals surface area contributed by atoms with E-state index in [0.717, 1.165) is 34.9 Å². The average molecular weight is 559 g/mol. The minimum absolute atomic E-state index is 0.00725. The molecule has 1 N–H and O–H groups in total. The third kappa shape index (κ3) is 7.16. The van der Waals surface area contributed by atoms with Crippen LogP contribution < -0.4 is 10.2 Å². The van der Waals surface area contributed by atoms with E-state index in [4.69, 9.17) is 9.47 Å². The van der Waals surface area contributed by atoms with Crippen molar-refractivity contribution in [3.05, 3.63) is 57.6 Å². The van der Waals surface area contributed by atoms with E-state index >= 15 is 0 Å². The van der Waals surface area contributed by atoms with Crippen molar-refractivity contribution >= 4 is 51.1 Å². The minimum atomic E-state index is -0.676. The summed E-state index contributed by atoms with van der Waals surface area (Å²) in [4.78, 5) is 51.0. The summed E-state index contributed by atoms with van der Waals surface area (Å²) in [6.45, 7) is 5.94. The number of hydrogen-bond donors (Lipinski definition) is 1. The SMILES string of the molecule is CCCCCOC(=O)c1ccc(N2C[C@@H](C(=O)OCC(=O)Nc3cc(C)c(Br)cc3C)CC2=O)cc1. The Bertz CT molecular complexity index is 1130. The molecule has 3 rings (SSSR count). The second kappa shape index (κ2) is 12.7. The van der Waals surface area contributed by atoms with Gasteiger partial charge < -0.3 is 19.7 Å². The second-order valence-electron chi connectivity index (χ2n) is 8.87. The second-order valence-corrected chi connectivity index (χ2v) is 9.72. The van der Waals surface area contributed by atoms with Crippen LogP contribution in [0.5, 0.6) is 0 Å². The summed E-state index contributed by atoms with van der Waals surface area (Å²) in [6, 6.07) is 10.3. The highest BCUT2D eigenvalue weighted by Crippen LogP contribution is 2.27. The summed E-state index contributed by atoms with van der Waals surface area (Å²) in [5, 5.41) is 2.75. The summed E-state index contributed by atoms with van der Waals surface area (Å²) in [5.41, 5.74) is 3.47. The lowest BCUT2D eigenvalue weighted by Crippen LogP contribution is -2.28. The fourth-order valence-electron chi connectivity index (χ4n) is 3.85. The van der Waals surface area contributed by atoms with Crippen LogP contribution in [0.15, 0.2) is 40.9 Å². The number of nitrogens with zero attached hydrogens (tertiary/aromatic N) is 1. The minimum Gasteiger partial charge on any atom is -0.462 e. The number of hydrogen-bond acceptors (Lipinski definition) is 6. The van der Waals surface area contributed by atoms with Crippen LogP contribution in [0.3, 0.4) is 0 Å². The maximum Gasteiger partial charge on any atom is 0.338 e. The van der Waals surface area contributed by atoms with Crippen LogP contribution in [-0.2, 0) is 23.9 Å². The van der Waals surface area contributed by atoms with Gasteiger partial charge in [0.25, 0.3) is 5.91 Å². The molecule has 8 nitrogen and oxygen atoms in total. The zero-order chi connectivity index (χ0) is 26.2. The molecule has 36 heavy (non-hydrogen) atoms. The Morgan fingerprint density at radius 2 is 1.78 bits per heavy atom. The van der Waals surface area contributed by atoms with Gasteiger partial charge in [-0.2, -0.15) is 0 Å². The quantitative estimate of drug-likeness (QED) is 0.327. The van der Waals surface area contributed by atoms with Crippen LogP contribution >= 0.6 is 15.9 Å². The van der Waals surface area contributed by atoms with E-state index in [0.29, 0.717) is 23.5 Å².